The molecule has 0 saturated heterocycles. The maximum absolute atomic E-state index is 12.3. The van der Waals surface area contributed by atoms with Crippen molar-refractivity contribution < 1.29 is 4.79 Å². The molecule has 0 N–H and O–H groups in total. The van der Waals surface area contributed by atoms with Crippen molar-refractivity contribution in [3.8, 4) is 0 Å². The standard InChI is InChI=1S/C20H22N2OS/c1-3-13-22-17-11-9-15(2)14-18(17)24-20(22)21-19(23)12-10-16-7-5-4-6-8-16/h4-9,11,14H,3,10,12-13H2,1-2H3. The lowest BCUT2D eigenvalue weighted by atomic mass is 10.1. The summed E-state index contributed by atoms with van der Waals surface area (Å²) in [6, 6.07) is 16.5. The molecule has 2 aromatic carbocycles. The summed E-state index contributed by atoms with van der Waals surface area (Å²) in [5, 5.41) is 0. The predicted molar refractivity (Wildman–Crippen MR) is 100 cm³/mol. The molecular weight excluding hydrogens is 316 g/mol. The number of thiazole rings is 1. The predicted octanol–water partition coefficient (Wildman–Crippen LogP) is 4.48. The van der Waals surface area contributed by atoms with Gasteiger partial charge < -0.3 is 4.57 Å². The average Bonchev–Trinajstić information content (AvgIpc) is 2.91. The van der Waals surface area contributed by atoms with Crippen LogP contribution < -0.4 is 4.80 Å². The van der Waals surface area contributed by atoms with E-state index in [9.17, 15) is 4.79 Å². The first-order chi connectivity index (χ1) is 11.7. The Balaban J connectivity index is 1.88. The molecule has 1 amide bonds. The van der Waals surface area contributed by atoms with Crippen molar-refractivity contribution in [2.24, 2.45) is 4.99 Å². The maximum atomic E-state index is 12.3. The zero-order valence-electron chi connectivity index (χ0n) is 14.2. The summed E-state index contributed by atoms with van der Waals surface area (Å²) in [7, 11) is 0. The van der Waals surface area contributed by atoms with Gasteiger partial charge in [0.2, 0.25) is 5.91 Å². The van der Waals surface area contributed by atoms with Gasteiger partial charge in [-0.25, -0.2) is 0 Å². The number of nitrogens with zero attached hydrogens (tertiary/aromatic N) is 2. The maximum Gasteiger partial charge on any atom is 0.248 e. The van der Waals surface area contributed by atoms with E-state index in [2.05, 4.69) is 41.6 Å². The van der Waals surface area contributed by atoms with E-state index in [0.29, 0.717) is 6.42 Å². The number of amides is 1. The molecule has 0 saturated carbocycles. The number of carbonyl (C=O) groups excluding carboxylic acids is 1. The molecule has 0 spiro atoms. The topological polar surface area (TPSA) is 34.4 Å². The molecule has 4 heteroatoms. The molecule has 0 bridgehead atoms. The third kappa shape index (κ3) is 3.82. The van der Waals surface area contributed by atoms with Gasteiger partial charge in [-0.15, -0.1) is 0 Å². The molecule has 0 unspecified atom stereocenters. The number of fused-ring (bicyclic) bond motifs is 1. The van der Waals surface area contributed by atoms with Crippen LogP contribution in [0.1, 0.15) is 30.9 Å². The first-order valence-corrected chi connectivity index (χ1v) is 9.20. The SMILES string of the molecule is CCCn1c(=NC(=O)CCc2ccccc2)sc2cc(C)ccc21. The van der Waals surface area contributed by atoms with Crippen LogP contribution in [0.25, 0.3) is 10.2 Å². The first kappa shape index (κ1) is 16.7. The molecule has 0 radical (unpaired) electrons. The summed E-state index contributed by atoms with van der Waals surface area (Å²) in [4.78, 5) is 17.5. The van der Waals surface area contributed by atoms with Gasteiger partial charge in [0.25, 0.3) is 0 Å². The van der Waals surface area contributed by atoms with Crippen molar-refractivity contribution in [3.05, 3.63) is 64.5 Å². The lowest BCUT2D eigenvalue weighted by Crippen LogP contribution is -2.17. The molecule has 0 aliphatic heterocycles. The fraction of sp³-hybridized carbons (Fsp3) is 0.300. The van der Waals surface area contributed by atoms with Crippen LogP contribution in [0.5, 0.6) is 0 Å². The zero-order valence-corrected chi connectivity index (χ0v) is 15.0. The van der Waals surface area contributed by atoms with E-state index >= 15 is 0 Å². The number of rotatable bonds is 5. The normalized spacial score (nSPS) is 12.0. The molecule has 1 aromatic heterocycles. The van der Waals surface area contributed by atoms with E-state index in [0.717, 1.165) is 24.2 Å². The molecule has 3 nitrogen and oxygen atoms in total. The van der Waals surface area contributed by atoms with Crippen molar-refractivity contribution in [1.29, 1.82) is 0 Å². The second-order valence-corrected chi connectivity index (χ2v) is 7.01. The summed E-state index contributed by atoms with van der Waals surface area (Å²) < 4.78 is 3.36. The van der Waals surface area contributed by atoms with E-state index in [1.807, 2.05) is 30.3 Å². The number of hydrogen-bond donors (Lipinski definition) is 0. The molecule has 0 aliphatic carbocycles. The molecule has 24 heavy (non-hydrogen) atoms. The van der Waals surface area contributed by atoms with E-state index < -0.39 is 0 Å². The van der Waals surface area contributed by atoms with Crippen molar-refractivity contribution in [3.63, 3.8) is 0 Å². The molecule has 124 valence electrons. The quantitative estimate of drug-likeness (QED) is 0.675. The van der Waals surface area contributed by atoms with Crippen LogP contribution in [0.3, 0.4) is 0 Å². The van der Waals surface area contributed by atoms with Gasteiger partial charge in [0.1, 0.15) is 0 Å². The van der Waals surface area contributed by atoms with E-state index in [-0.39, 0.29) is 5.91 Å². The number of carbonyl (C=O) groups is 1. The largest absolute Gasteiger partial charge is 0.316 e. The van der Waals surface area contributed by atoms with Gasteiger partial charge in [-0.3, -0.25) is 4.79 Å². The Morgan fingerprint density at radius 1 is 1.17 bits per heavy atom. The van der Waals surface area contributed by atoms with Crippen molar-refractivity contribution in [2.45, 2.75) is 39.7 Å². The molecule has 0 atom stereocenters. The lowest BCUT2D eigenvalue weighted by Gasteiger charge is -2.03. The summed E-state index contributed by atoms with van der Waals surface area (Å²) >= 11 is 1.60. The van der Waals surface area contributed by atoms with E-state index in [1.165, 1.54) is 21.3 Å². The van der Waals surface area contributed by atoms with E-state index in [4.69, 9.17) is 0 Å². The summed E-state index contributed by atoms with van der Waals surface area (Å²) in [5.41, 5.74) is 3.57. The van der Waals surface area contributed by atoms with Crippen molar-refractivity contribution >= 4 is 27.5 Å². The van der Waals surface area contributed by atoms with Gasteiger partial charge in [0.05, 0.1) is 10.2 Å². The Morgan fingerprint density at radius 3 is 2.71 bits per heavy atom. The highest BCUT2D eigenvalue weighted by Gasteiger charge is 2.08. The number of benzene rings is 2. The lowest BCUT2D eigenvalue weighted by molar-refractivity contribution is -0.118. The minimum Gasteiger partial charge on any atom is -0.316 e. The average molecular weight is 338 g/mol. The molecule has 3 rings (SSSR count). The highest BCUT2D eigenvalue weighted by molar-refractivity contribution is 7.16. The van der Waals surface area contributed by atoms with Crippen LogP contribution >= 0.6 is 11.3 Å². The van der Waals surface area contributed by atoms with Crippen molar-refractivity contribution in [2.75, 3.05) is 0 Å². The van der Waals surface area contributed by atoms with Crippen molar-refractivity contribution in [1.82, 2.24) is 4.57 Å². The Hall–Kier alpha value is -2.20. The Labute approximate surface area is 146 Å². The third-order valence-electron chi connectivity index (χ3n) is 3.98. The molecule has 3 aromatic rings. The first-order valence-electron chi connectivity index (χ1n) is 8.39. The van der Waals surface area contributed by atoms with Gasteiger partial charge >= 0.3 is 0 Å². The van der Waals surface area contributed by atoms with Gasteiger partial charge in [0, 0.05) is 13.0 Å². The smallest absolute Gasteiger partial charge is 0.248 e. The minimum atomic E-state index is -0.0491. The van der Waals surface area contributed by atoms with Crippen LogP contribution in [0, 0.1) is 6.92 Å². The fourth-order valence-electron chi connectivity index (χ4n) is 2.76. The third-order valence-corrected chi connectivity index (χ3v) is 5.02. The summed E-state index contributed by atoms with van der Waals surface area (Å²) in [6.07, 6.45) is 2.20. The summed E-state index contributed by atoms with van der Waals surface area (Å²) in [5.74, 6) is -0.0491. The fourth-order valence-corrected chi connectivity index (χ4v) is 3.94. The van der Waals surface area contributed by atoms with Gasteiger partial charge in [-0.05, 0) is 43.0 Å². The minimum absolute atomic E-state index is 0.0491. The molecule has 1 heterocycles. The molecule has 0 fully saturated rings. The van der Waals surface area contributed by atoms with Crippen LogP contribution in [-0.2, 0) is 17.8 Å². The number of aryl methyl sites for hydroxylation is 3. The van der Waals surface area contributed by atoms with Crippen LogP contribution in [0.2, 0.25) is 0 Å². The second kappa shape index (κ2) is 7.58. The van der Waals surface area contributed by atoms with Gasteiger partial charge in [-0.2, -0.15) is 4.99 Å². The monoisotopic (exact) mass is 338 g/mol. The van der Waals surface area contributed by atoms with Crippen LogP contribution in [0.4, 0.5) is 0 Å². The number of aromatic nitrogens is 1. The van der Waals surface area contributed by atoms with Crippen LogP contribution in [-0.4, -0.2) is 10.5 Å². The number of hydrogen-bond acceptors (Lipinski definition) is 2. The van der Waals surface area contributed by atoms with Gasteiger partial charge in [-0.1, -0.05) is 54.7 Å². The molecular formula is C20H22N2OS. The Kier molecular flexibility index (Phi) is 5.26. The van der Waals surface area contributed by atoms with Gasteiger partial charge in [0.15, 0.2) is 4.80 Å². The highest BCUT2D eigenvalue weighted by atomic mass is 32.1. The Morgan fingerprint density at radius 2 is 1.96 bits per heavy atom. The summed E-state index contributed by atoms with van der Waals surface area (Å²) in [6.45, 7) is 5.12. The van der Waals surface area contributed by atoms with Crippen LogP contribution in [0.15, 0.2) is 53.5 Å². The zero-order chi connectivity index (χ0) is 16.9. The van der Waals surface area contributed by atoms with E-state index in [1.54, 1.807) is 11.3 Å². The second-order valence-electron chi connectivity index (χ2n) is 6.00. The Bertz CT molecular complexity index is 906. The molecule has 0 aliphatic rings. The highest BCUT2D eigenvalue weighted by Crippen LogP contribution is 2.19.